The lowest BCUT2D eigenvalue weighted by Crippen LogP contribution is -2.28. The molecule has 2 aliphatic rings. The van der Waals surface area contributed by atoms with Crippen molar-refractivity contribution in [1.29, 1.82) is 0 Å². The second kappa shape index (κ2) is 17.7. The fraction of sp³-hybridized carbons (Fsp3) is 0.195. The van der Waals surface area contributed by atoms with Crippen LogP contribution in [0.2, 0.25) is 0 Å². The highest BCUT2D eigenvalue weighted by atomic mass is 32.2. The molecule has 1 aliphatic carbocycles. The first-order chi connectivity index (χ1) is 28.3. The maximum atomic E-state index is 13.9. The van der Waals surface area contributed by atoms with E-state index in [9.17, 15) is 48.5 Å². The maximum absolute atomic E-state index is 13.9. The highest BCUT2D eigenvalue weighted by Gasteiger charge is 2.26. The van der Waals surface area contributed by atoms with Crippen molar-refractivity contribution in [3.05, 3.63) is 125 Å². The summed E-state index contributed by atoms with van der Waals surface area (Å²) >= 11 is 0. The minimum Gasteiger partial charge on any atom is -0.481 e. The molecule has 1 amide bonds. The number of nitrogens with zero attached hydrogens (tertiary/aromatic N) is 2. The van der Waals surface area contributed by atoms with Crippen LogP contribution in [0.5, 0.6) is 0 Å². The van der Waals surface area contributed by atoms with E-state index in [-0.39, 0.29) is 64.4 Å². The number of carbonyl (C=O) groups excluding carboxylic acids is 1. The number of carboxylic acid groups (broad SMARTS) is 1. The van der Waals surface area contributed by atoms with Gasteiger partial charge in [0.25, 0.3) is 36.3 Å². The minimum atomic E-state index is -4.91. The average Bonchev–Trinajstić information content (AvgIpc) is 3.18. The highest BCUT2D eigenvalue weighted by molar-refractivity contribution is 7.86. The van der Waals surface area contributed by atoms with Gasteiger partial charge >= 0.3 is 5.97 Å². The van der Waals surface area contributed by atoms with Gasteiger partial charge in [0.2, 0.25) is 0 Å². The summed E-state index contributed by atoms with van der Waals surface area (Å²) in [5, 5.41) is 12.8. The van der Waals surface area contributed by atoms with Gasteiger partial charge in [-0.25, -0.2) is 0 Å². The zero-order chi connectivity index (χ0) is 43.4. The van der Waals surface area contributed by atoms with Gasteiger partial charge in [0.05, 0.1) is 15.1 Å². The standard InChI is InChI=1S/C41H39N3O13S3/c1-44(22-4-7-39(45)46)41(47)32-6-3-2-5-31(32)40-33-17-12-28(42-20-18-26-8-13-29(14-9-26)58(48,49)50)23-36(33)57-37-25-35(38(24-34(37)40)60(54,55)56)43-21-19-27-10-15-30(16-11-27)59(51,52)53/h2-3,5-6,8-17,23-25,42H,4,7,18-22H2,1H3,(H,45,46)(H,48,49,50)(H,51,52,53)(H,54,55,56)/b43-35+. The van der Waals surface area contributed by atoms with Crippen molar-refractivity contribution in [3.8, 4) is 22.5 Å². The van der Waals surface area contributed by atoms with E-state index in [1.54, 1.807) is 61.6 Å². The molecule has 4 aromatic carbocycles. The highest BCUT2D eigenvalue weighted by Crippen LogP contribution is 2.42. The number of hydrogen-bond acceptors (Lipinski definition) is 11. The Morgan fingerprint density at radius 2 is 1.35 bits per heavy atom. The van der Waals surface area contributed by atoms with Crippen molar-refractivity contribution in [2.45, 2.75) is 40.4 Å². The van der Waals surface area contributed by atoms with E-state index in [2.05, 4.69) is 10.3 Å². The van der Waals surface area contributed by atoms with E-state index in [1.165, 1.54) is 53.4 Å². The second-order valence-electron chi connectivity index (χ2n) is 13.8. The molecule has 0 saturated carbocycles. The summed E-state index contributed by atoms with van der Waals surface area (Å²) < 4.78 is 107. The molecule has 0 bridgehead atoms. The summed E-state index contributed by atoms with van der Waals surface area (Å²) in [6.07, 6.45) is 0.774. The molecule has 16 nitrogen and oxygen atoms in total. The lowest BCUT2D eigenvalue weighted by molar-refractivity contribution is -0.137. The van der Waals surface area contributed by atoms with Crippen LogP contribution in [0.25, 0.3) is 33.4 Å². The van der Waals surface area contributed by atoms with Gasteiger partial charge in [-0.1, -0.05) is 42.5 Å². The molecule has 0 spiro atoms. The number of anilines is 1. The Balaban J connectivity index is 1.45. The third kappa shape index (κ3) is 10.4. The van der Waals surface area contributed by atoms with Gasteiger partial charge in [-0.2, -0.15) is 25.3 Å². The number of carbonyl (C=O) groups is 2. The number of fused-ring (bicyclic) bond motifs is 2. The molecule has 0 atom stereocenters. The fourth-order valence-electron chi connectivity index (χ4n) is 6.61. The average molecular weight is 878 g/mol. The van der Waals surface area contributed by atoms with Crippen molar-refractivity contribution in [2.75, 3.05) is 32.0 Å². The van der Waals surface area contributed by atoms with Crippen LogP contribution in [-0.4, -0.2) is 87.5 Å². The Kier molecular flexibility index (Phi) is 12.9. The number of carboxylic acids is 1. The molecule has 60 heavy (non-hydrogen) atoms. The molecular formula is C41H39N3O13S3. The molecule has 0 saturated heterocycles. The molecule has 19 heteroatoms. The van der Waals surface area contributed by atoms with E-state index in [1.807, 2.05) is 0 Å². The summed E-state index contributed by atoms with van der Waals surface area (Å²) in [5.74, 6) is -1.28. The molecule has 5 N–H and O–H groups in total. The Labute approximate surface area is 345 Å². The van der Waals surface area contributed by atoms with E-state index in [0.29, 0.717) is 46.3 Å². The number of amides is 1. The monoisotopic (exact) mass is 877 g/mol. The summed E-state index contributed by atoms with van der Waals surface area (Å²) in [6, 6.07) is 25.6. The normalized spacial score (nSPS) is 12.5. The Morgan fingerprint density at radius 1 is 0.733 bits per heavy atom. The molecule has 0 unspecified atom stereocenters. The predicted molar refractivity (Wildman–Crippen MR) is 221 cm³/mol. The first-order valence-corrected chi connectivity index (χ1v) is 22.6. The fourth-order valence-corrected chi connectivity index (χ4v) is 8.23. The Bertz CT molecular complexity index is 2970. The van der Waals surface area contributed by atoms with Crippen molar-refractivity contribution in [1.82, 2.24) is 4.90 Å². The van der Waals surface area contributed by atoms with Gasteiger partial charge in [-0.3, -0.25) is 28.2 Å². The number of benzene rings is 5. The van der Waals surface area contributed by atoms with Gasteiger partial charge in [0, 0.05) is 73.0 Å². The van der Waals surface area contributed by atoms with E-state index in [0.717, 1.165) is 5.56 Å². The Morgan fingerprint density at radius 3 is 1.95 bits per heavy atom. The third-order valence-corrected chi connectivity index (χ3v) is 12.2. The first kappa shape index (κ1) is 43.6. The van der Waals surface area contributed by atoms with Crippen LogP contribution in [0.4, 0.5) is 5.69 Å². The zero-order valence-electron chi connectivity index (χ0n) is 31.8. The number of nitrogens with one attached hydrogen (secondary N) is 1. The topological polar surface area (TPSA) is 258 Å². The first-order valence-electron chi connectivity index (χ1n) is 18.3. The van der Waals surface area contributed by atoms with Gasteiger partial charge in [-0.05, 0) is 84.5 Å². The molecule has 314 valence electrons. The van der Waals surface area contributed by atoms with Crippen molar-refractivity contribution < 1.29 is 58.0 Å². The molecule has 4 aromatic rings. The second-order valence-corrected chi connectivity index (χ2v) is 18.0. The van der Waals surface area contributed by atoms with Crippen LogP contribution >= 0.6 is 0 Å². The summed E-state index contributed by atoms with van der Waals surface area (Å²) in [6.45, 7) is 0.549. The lowest BCUT2D eigenvalue weighted by Gasteiger charge is -2.22. The SMILES string of the molecule is CN(CCCC(=O)O)C(=O)c1ccccc1-c1c2cc(S(=O)(=O)O)/c(=N/CCc3ccc(S(=O)(=O)O)cc3)cc-2oc2cc(NCCc3ccc(S(=O)(=O)O)cc3)ccc12. The van der Waals surface area contributed by atoms with Crippen LogP contribution in [0.3, 0.4) is 0 Å². The predicted octanol–water partition coefficient (Wildman–Crippen LogP) is 5.68. The molecule has 6 rings (SSSR count). The quantitative estimate of drug-likeness (QED) is 0.0579. The largest absolute Gasteiger partial charge is 0.481 e. The van der Waals surface area contributed by atoms with Crippen LogP contribution in [0, 0.1) is 0 Å². The van der Waals surface area contributed by atoms with Gasteiger partial charge < -0.3 is 19.7 Å². The zero-order valence-corrected chi connectivity index (χ0v) is 34.3. The van der Waals surface area contributed by atoms with E-state index >= 15 is 0 Å². The van der Waals surface area contributed by atoms with Crippen molar-refractivity contribution in [2.24, 2.45) is 4.99 Å². The van der Waals surface area contributed by atoms with Crippen LogP contribution in [0.1, 0.15) is 34.3 Å². The summed E-state index contributed by atoms with van der Waals surface area (Å²) in [5.41, 5.74) is 3.61. The summed E-state index contributed by atoms with van der Waals surface area (Å²) in [7, 11) is -12.1. The molecule has 0 aromatic heterocycles. The smallest absolute Gasteiger partial charge is 0.303 e. The van der Waals surface area contributed by atoms with Gasteiger partial charge in [-0.15, -0.1) is 0 Å². The number of rotatable bonds is 16. The molecular weight excluding hydrogens is 839 g/mol. The summed E-state index contributed by atoms with van der Waals surface area (Å²) in [4.78, 5) is 29.9. The molecule has 1 heterocycles. The number of hydrogen-bond donors (Lipinski definition) is 5. The minimum absolute atomic E-state index is 0.00214. The Hall–Kier alpha value is -5.96. The molecule has 0 radical (unpaired) electrons. The molecule has 1 aliphatic heterocycles. The van der Waals surface area contributed by atoms with Crippen molar-refractivity contribution >= 4 is 58.9 Å². The lowest BCUT2D eigenvalue weighted by atomic mass is 9.90. The van der Waals surface area contributed by atoms with E-state index in [4.69, 9.17) is 9.52 Å². The van der Waals surface area contributed by atoms with Crippen LogP contribution < -0.4 is 10.7 Å². The van der Waals surface area contributed by atoms with Crippen LogP contribution in [0.15, 0.2) is 127 Å². The van der Waals surface area contributed by atoms with Gasteiger partial charge in [0.1, 0.15) is 16.2 Å². The molecule has 0 fully saturated rings. The maximum Gasteiger partial charge on any atom is 0.303 e. The number of aliphatic carboxylic acids is 1. The van der Waals surface area contributed by atoms with Gasteiger partial charge in [0.15, 0.2) is 0 Å². The van der Waals surface area contributed by atoms with Crippen molar-refractivity contribution in [3.63, 3.8) is 0 Å². The van der Waals surface area contributed by atoms with E-state index < -0.39 is 47.1 Å². The van der Waals surface area contributed by atoms with Crippen LogP contribution in [-0.2, 0) is 48.0 Å². The third-order valence-electron chi connectivity index (χ3n) is 9.60.